The summed E-state index contributed by atoms with van der Waals surface area (Å²) < 4.78 is 0. The Bertz CT molecular complexity index is 615. The van der Waals surface area contributed by atoms with Gasteiger partial charge in [0.25, 0.3) is 0 Å². The molecular formula is C16H22N4. The molecule has 0 spiro atoms. The molecular weight excluding hydrogens is 248 g/mol. The molecule has 0 aliphatic heterocycles. The van der Waals surface area contributed by atoms with Gasteiger partial charge in [-0.15, -0.1) is 0 Å². The van der Waals surface area contributed by atoms with E-state index < -0.39 is 0 Å². The summed E-state index contributed by atoms with van der Waals surface area (Å²) in [6.45, 7) is 0. The lowest BCUT2D eigenvalue weighted by molar-refractivity contribution is 0.396. The molecule has 1 aromatic carbocycles. The molecule has 0 bridgehead atoms. The highest BCUT2D eigenvalue weighted by Crippen LogP contribution is 2.41. The number of fused-ring (bicyclic) bond motifs is 1. The summed E-state index contributed by atoms with van der Waals surface area (Å²) >= 11 is 0. The summed E-state index contributed by atoms with van der Waals surface area (Å²) in [5, 5.41) is 4.48. The standard InChI is InChI=1S/C16H22N4/c1-19-15-12-4-2-3-5-13(12)20-16(18)14(15)10-6-8-11(17)9-7-10/h2-5,10-11H,6-9,17H2,1H3,(H3,18,19,20). The molecule has 20 heavy (non-hydrogen) atoms. The van der Waals surface area contributed by atoms with Gasteiger partial charge >= 0.3 is 0 Å². The van der Waals surface area contributed by atoms with Crippen LogP contribution in [0.5, 0.6) is 0 Å². The van der Waals surface area contributed by atoms with Gasteiger partial charge in [-0.1, -0.05) is 18.2 Å². The largest absolute Gasteiger partial charge is 0.387 e. The quantitative estimate of drug-likeness (QED) is 0.784. The molecule has 0 radical (unpaired) electrons. The van der Waals surface area contributed by atoms with Crippen molar-refractivity contribution in [2.24, 2.45) is 5.73 Å². The highest BCUT2D eigenvalue weighted by atomic mass is 14.9. The zero-order valence-corrected chi connectivity index (χ0v) is 11.9. The Balaban J connectivity index is 2.11. The van der Waals surface area contributed by atoms with Crippen LogP contribution in [0.2, 0.25) is 0 Å². The molecule has 106 valence electrons. The van der Waals surface area contributed by atoms with E-state index in [4.69, 9.17) is 11.5 Å². The number of nitrogens with zero attached hydrogens (tertiary/aromatic N) is 1. The Labute approximate surface area is 119 Å². The fourth-order valence-electron chi connectivity index (χ4n) is 3.34. The number of aromatic nitrogens is 1. The summed E-state index contributed by atoms with van der Waals surface area (Å²) in [7, 11) is 1.96. The minimum absolute atomic E-state index is 0.346. The van der Waals surface area contributed by atoms with E-state index in [1.54, 1.807) is 0 Å². The fraction of sp³-hybridized carbons (Fsp3) is 0.438. The molecule has 1 heterocycles. The number of nitrogen functional groups attached to an aromatic ring is 1. The second-order valence-corrected chi connectivity index (χ2v) is 5.66. The van der Waals surface area contributed by atoms with Gasteiger partial charge in [0.05, 0.1) is 11.2 Å². The number of para-hydroxylation sites is 1. The molecule has 1 aliphatic carbocycles. The van der Waals surface area contributed by atoms with Gasteiger partial charge in [-0.2, -0.15) is 0 Å². The van der Waals surface area contributed by atoms with Crippen LogP contribution in [0.15, 0.2) is 24.3 Å². The summed E-state index contributed by atoms with van der Waals surface area (Å²) in [6, 6.07) is 8.49. The molecule has 4 nitrogen and oxygen atoms in total. The Morgan fingerprint density at radius 3 is 2.55 bits per heavy atom. The van der Waals surface area contributed by atoms with Crippen LogP contribution in [0.4, 0.5) is 11.5 Å². The first kappa shape index (κ1) is 13.2. The first-order chi connectivity index (χ1) is 9.70. The van der Waals surface area contributed by atoms with E-state index >= 15 is 0 Å². The van der Waals surface area contributed by atoms with E-state index in [0.717, 1.165) is 42.3 Å². The van der Waals surface area contributed by atoms with Gasteiger partial charge < -0.3 is 16.8 Å². The highest BCUT2D eigenvalue weighted by molar-refractivity contribution is 5.95. The van der Waals surface area contributed by atoms with Crippen molar-refractivity contribution in [2.75, 3.05) is 18.1 Å². The second-order valence-electron chi connectivity index (χ2n) is 5.66. The molecule has 0 atom stereocenters. The van der Waals surface area contributed by atoms with Crippen molar-refractivity contribution in [3.63, 3.8) is 0 Å². The van der Waals surface area contributed by atoms with E-state index in [-0.39, 0.29) is 0 Å². The van der Waals surface area contributed by atoms with Gasteiger partial charge in [-0.05, 0) is 37.7 Å². The number of pyridine rings is 1. The third-order valence-electron chi connectivity index (χ3n) is 4.39. The molecule has 4 heteroatoms. The number of nitrogens with one attached hydrogen (secondary N) is 1. The molecule has 1 fully saturated rings. The van der Waals surface area contributed by atoms with Crippen molar-refractivity contribution in [1.29, 1.82) is 0 Å². The van der Waals surface area contributed by atoms with Crippen molar-refractivity contribution >= 4 is 22.4 Å². The SMILES string of the molecule is CNc1c(C2CCC(N)CC2)c(N)nc2ccccc12. The van der Waals surface area contributed by atoms with Crippen molar-refractivity contribution in [2.45, 2.75) is 37.6 Å². The molecule has 0 unspecified atom stereocenters. The predicted molar refractivity (Wildman–Crippen MR) is 84.9 cm³/mol. The van der Waals surface area contributed by atoms with E-state index in [0.29, 0.717) is 17.8 Å². The minimum atomic E-state index is 0.346. The van der Waals surface area contributed by atoms with E-state index in [9.17, 15) is 0 Å². The van der Waals surface area contributed by atoms with Gasteiger partial charge in [-0.25, -0.2) is 4.98 Å². The van der Waals surface area contributed by atoms with Crippen LogP contribution >= 0.6 is 0 Å². The van der Waals surface area contributed by atoms with Crippen LogP contribution in [-0.2, 0) is 0 Å². The number of nitrogens with two attached hydrogens (primary N) is 2. The number of hydrogen-bond acceptors (Lipinski definition) is 4. The summed E-state index contributed by atoms with van der Waals surface area (Å²) in [4.78, 5) is 4.58. The maximum Gasteiger partial charge on any atom is 0.129 e. The number of benzene rings is 1. The predicted octanol–water partition coefficient (Wildman–Crippen LogP) is 2.84. The van der Waals surface area contributed by atoms with Crippen molar-refractivity contribution in [3.8, 4) is 0 Å². The van der Waals surface area contributed by atoms with Gasteiger partial charge in [0.1, 0.15) is 5.82 Å². The lowest BCUT2D eigenvalue weighted by Gasteiger charge is -2.29. The maximum atomic E-state index is 6.25. The maximum absolute atomic E-state index is 6.25. The normalized spacial score (nSPS) is 22.9. The third-order valence-corrected chi connectivity index (χ3v) is 4.39. The van der Waals surface area contributed by atoms with Crippen LogP contribution in [0.25, 0.3) is 10.9 Å². The zero-order chi connectivity index (χ0) is 14.1. The average molecular weight is 270 g/mol. The lowest BCUT2D eigenvalue weighted by atomic mass is 9.81. The molecule has 3 rings (SSSR count). The monoisotopic (exact) mass is 270 g/mol. The lowest BCUT2D eigenvalue weighted by Crippen LogP contribution is -2.26. The van der Waals surface area contributed by atoms with Gasteiger partial charge in [-0.3, -0.25) is 0 Å². The van der Waals surface area contributed by atoms with Crippen molar-refractivity contribution in [3.05, 3.63) is 29.8 Å². The molecule has 1 saturated carbocycles. The smallest absolute Gasteiger partial charge is 0.129 e. The summed E-state index contributed by atoms with van der Waals surface area (Å²) in [5.74, 6) is 1.13. The van der Waals surface area contributed by atoms with Gasteiger partial charge in [0, 0.05) is 24.0 Å². The molecule has 1 aliphatic rings. The number of rotatable bonds is 2. The Morgan fingerprint density at radius 2 is 1.85 bits per heavy atom. The highest BCUT2D eigenvalue weighted by Gasteiger charge is 2.25. The van der Waals surface area contributed by atoms with Crippen molar-refractivity contribution in [1.82, 2.24) is 4.98 Å². The first-order valence-corrected chi connectivity index (χ1v) is 7.32. The van der Waals surface area contributed by atoms with E-state index in [2.05, 4.69) is 16.4 Å². The molecule has 0 amide bonds. The van der Waals surface area contributed by atoms with Crippen LogP contribution in [0.3, 0.4) is 0 Å². The topological polar surface area (TPSA) is 77.0 Å². The molecule has 0 saturated heterocycles. The molecule has 5 N–H and O–H groups in total. The van der Waals surface area contributed by atoms with E-state index in [1.165, 1.54) is 5.56 Å². The first-order valence-electron chi connectivity index (χ1n) is 7.32. The number of hydrogen-bond donors (Lipinski definition) is 3. The molecule has 2 aromatic rings. The van der Waals surface area contributed by atoms with Crippen molar-refractivity contribution < 1.29 is 0 Å². The van der Waals surface area contributed by atoms with Crippen LogP contribution in [-0.4, -0.2) is 18.1 Å². The van der Waals surface area contributed by atoms with Gasteiger partial charge in [0.2, 0.25) is 0 Å². The van der Waals surface area contributed by atoms with Crippen LogP contribution in [0, 0.1) is 0 Å². The average Bonchev–Trinajstić information content (AvgIpc) is 2.47. The fourth-order valence-corrected chi connectivity index (χ4v) is 3.34. The molecule has 1 aromatic heterocycles. The second kappa shape index (κ2) is 5.29. The van der Waals surface area contributed by atoms with Gasteiger partial charge in [0.15, 0.2) is 0 Å². The van der Waals surface area contributed by atoms with Crippen LogP contribution in [0.1, 0.15) is 37.2 Å². The Morgan fingerprint density at radius 1 is 1.15 bits per heavy atom. The summed E-state index contributed by atoms with van der Waals surface area (Å²) in [5.41, 5.74) is 15.5. The number of anilines is 2. The van der Waals surface area contributed by atoms with E-state index in [1.807, 2.05) is 25.2 Å². The third kappa shape index (κ3) is 2.20. The zero-order valence-electron chi connectivity index (χ0n) is 11.9. The van der Waals surface area contributed by atoms with Crippen LogP contribution < -0.4 is 16.8 Å². The Kier molecular flexibility index (Phi) is 3.49. The minimum Gasteiger partial charge on any atom is -0.387 e. The Hall–Kier alpha value is -1.81. The summed E-state index contributed by atoms with van der Waals surface area (Å²) in [6.07, 6.45) is 4.33.